The van der Waals surface area contributed by atoms with Gasteiger partial charge < -0.3 is 4.57 Å². The molecule has 0 saturated heterocycles. The molecule has 6 heteroatoms. The molecule has 5 nitrogen and oxygen atoms in total. The predicted molar refractivity (Wildman–Crippen MR) is 65.9 cm³/mol. The molecule has 0 fully saturated rings. The van der Waals surface area contributed by atoms with Gasteiger partial charge in [0.25, 0.3) is 5.69 Å². The van der Waals surface area contributed by atoms with Crippen LogP contribution < -0.4 is 0 Å². The summed E-state index contributed by atoms with van der Waals surface area (Å²) in [7, 11) is 1.90. The van der Waals surface area contributed by atoms with Gasteiger partial charge in [-0.1, -0.05) is 30.0 Å². The quantitative estimate of drug-likeness (QED) is 0.474. The highest BCUT2D eigenvalue weighted by molar-refractivity contribution is 7.98. The van der Waals surface area contributed by atoms with E-state index >= 15 is 0 Å². The number of nitro groups is 1. The van der Waals surface area contributed by atoms with Gasteiger partial charge in [0.15, 0.2) is 5.16 Å². The van der Waals surface area contributed by atoms with Crippen molar-refractivity contribution in [1.29, 1.82) is 0 Å². The molecule has 17 heavy (non-hydrogen) atoms. The number of benzene rings is 1. The fraction of sp³-hybridized carbons (Fsp3) is 0.182. The molecule has 0 aliphatic carbocycles. The predicted octanol–water partition coefficient (Wildman–Crippen LogP) is 2.62. The van der Waals surface area contributed by atoms with Crippen LogP contribution in [-0.2, 0) is 12.8 Å². The van der Waals surface area contributed by atoms with E-state index in [0.717, 1.165) is 5.16 Å². The molecular weight excluding hydrogens is 238 g/mol. The van der Waals surface area contributed by atoms with Crippen LogP contribution in [0.15, 0.2) is 41.8 Å². The van der Waals surface area contributed by atoms with Crippen LogP contribution in [0.1, 0.15) is 5.56 Å². The number of aromatic nitrogens is 2. The first kappa shape index (κ1) is 11.7. The Kier molecular flexibility index (Phi) is 3.43. The van der Waals surface area contributed by atoms with E-state index in [1.807, 2.05) is 17.8 Å². The highest BCUT2D eigenvalue weighted by Crippen LogP contribution is 2.26. The summed E-state index contributed by atoms with van der Waals surface area (Å²) in [6.45, 7) is 0. The Morgan fingerprint density at radius 2 is 2.24 bits per heavy atom. The minimum Gasteiger partial charge on any atom is -0.329 e. The lowest BCUT2D eigenvalue weighted by molar-refractivity contribution is -0.385. The molecule has 88 valence electrons. The SMILES string of the molecule is Cn1ccnc1SCc1ccccc1[N+](=O)[O-]. The third-order valence-corrected chi connectivity index (χ3v) is 3.43. The molecule has 0 spiro atoms. The zero-order valence-electron chi connectivity index (χ0n) is 9.24. The maximum atomic E-state index is 10.8. The summed E-state index contributed by atoms with van der Waals surface area (Å²) in [5.74, 6) is 0.544. The molecule has 0 aliphatic heterocycles. The molecule has 0 radical (unpaired) electrons. The molecule has 0 atom stereocenters. The molecule has 0 unspecified atom stereocenters. The summed E-state index contributed by atoms with van der Waals surface area (Å²) in [5.41, 5.74) is 0.875. The molecule has 0 amide bonds. The summed E-state index contributed by atoms with van der Waals surface area (Å²) in [6.07, 6.45) is 3.56. The van der Waals surface area contributed by atoms with Crippen molar-refractivity contribution in [2.75, 3.05) is 0 Å². The number of imidazole rings is 1. The summed E-state index contributed by atoms with van der Waals surface area (Å²) in [4.78, 5) is 14.6. The van der Waals surface area contributed by atoms with E-state index in [0.29, 0.717) is 11.3 Å². The van der Waals surface area contributed by atoms with Crippen LogP contribution in [0.3, 0.4) is 0 Å². The average Bonchev–Trinajstić information content (AvgIpc) is 2.72. The largest absolute Gasteiger partial charge is 0.329 e. The Labute approximate surface area is 103 Å². The van der Waals surface area contributed by atoms with Crippen LogP contribution in [0.2, 0.25) is 0 Å². The van der Waals surface area contributed by atoms with E-state index in [2.05, 4.69) is 4.98 Å². The standard InChI is InChI=1S/C11H11N3O2S/c1-13-7-6-12-11(13)17-8-9-4-2-3-5-10(9)14(15)16/h2-7H,8H2,1H3. The number of hydrogen-bond donors (Lipinski definition) is 0. The van der Waals surface area contributed by atoms with Crippen LogP contribution in [0, 0.1) is 10.1 Å². The van der Waals surface area contributed by atoms with E-state index < -0.39 is 0 Å². The summed E-state index contributed by atoms with van der Waals surface area (Å²) < 4.78 is 1.89. The Morgan fingerprint density at radius 3 is 2.88 bits per heavy atom. The number of aryl methyl sites for hydroxylation is 1. The molecule has 1 aromatic carbocycles. The second kappa shape index (κ2) is 5.01. The lowest BCUT2D eigenvalue weighted by Gasteiger charge is -2.02. The molecule has 0 aliphatic rings. The number of para-hydroxylation sites is 1. The maximum Gasteiger partial charge on any atom is 0.273 e. The lowest BCUT2D eigenvalue weighted by Crippen LogP contribution is -1.95. The van der Waals surface area contributed by atoms with E-state index in [9.17, 15) is 10.1 Å². The first-order chi connectivity index (χ1) is 8.18. The molecule has 2 rings (SSSR count). The van der Waals surface area contributed by atoms with Gasteiger partial charge in [-0.15, -0.1) is 0 Å². The number of hydrogen-bond acceptors (Lipinski definition) is 4. The minimum absolute atomic E-state index is 0.161. The fourth-order valence-corrected chi connectivity index (χ4v) is 2.37. The number of rotatable bonds is 4. The van der Waals surface area contributed by atoms with Gasteiger partial charge in [-0.25, -0.2) is 4.98 Å². The molecule has 1 heterocycles. The van der Waals surface area contributed by atoms with Gasteiger partial charge >= 0.3 is 0 Å². The van der Waals surface area contributed by atoms with E-state index in [4.69, 9.17) is 0 Å². The Balaban J connectivity index is 2.14. The van der Waals surface area contributed by atoms with Crippen LogP contribution in [0.25, 0.3) is 0 Å². The zero-order valence-corrected chi connectivity index (χ0v) is 10.1. The third-order valence-electron chi connectivity index (χ3n) is 2.32. The fourth-order valence-electron chi connectivity index (χ4n) is 1.44. The third kappa shape index (κ3) is 2.65. The van der Waals surface area contributed by atoms with Crippen molar-refractivity contribution in [2.24, 2.45) is 7.05 Å². The van der Waals surface area contributed by atoms with Gasteiger partial charge in [-0.3, -0.25) is 10.1 Å². The monoisotopic (exact) mass is 249 g/mol. The second-order valence-corrected chi connectivity index (χ2v) is 4.44. The van der Waals surface area contributed by atoms with Crippen molar-refractivity contribution in [3.05, 3.63) is 52.3 Å². The van der Waals surface area contributed by atoms with Crippen molar-refractivity contribution < 1.29 is 4.92 Å². The van der Waals surface area contributed by atoms with Crippen LogP contribution >= 0.6 is 11.8 Å². The molecule has 0 saturated carbocycles. The second-order valence-electron chi connectivity index (χ2n) is 3.50. The molecule has 0 bridgehead atoms. The Morgan fingerprint density at radius 1 is 1.47 bits per heavy atom. The number of nitrogens with zero attached hydrogens (tertiary/aromatic N) is 3. The van der Waals surface area contributed by atoms with E-state index in [1.165, 1.54) is 17.8 Å². The van der Waals surface area contributed by atoms with E-state index in [-0.39, 0.29) is 10.6 Å². The molecule has 1 aromatic heterocycles. The van der Waals surface area contributed by atoms with Crippen molar-refractivity contribution in [1.82, 2.24) is 9.55 Å². The van der Waals surface area contributed by atoms with Crippen molar-refractivity contribution >= 4 is 17.4 Å². The topological polar surface area (TPSA) is 61.0 Å². The van der Waals surface area contributed by atoms with Crippen molar-refractivity contribution in [2.45, 2.75) is 10.9 Å². The minimum atomic E-state index is -0.353. The van der Waals surface area contributed by atoms with Crippen LogP contribution in [0.5, 0.6) is 0 Å². The normalized spacial score (nSPS) is 10.4. The lowest BCUT2D eigenvalue weighted by atomic mass is 10.2. The maximum absolute atomic E-state index is 10.8. The van der Waals surface area contributed by atoms with Gasteiger partial charge in [0.2, 0.25) is 0 Å². The summed E-state index contributed by atoms with van der Waals surface area (Å²) in [5, 5.41) is 11.7. The van der Waals surface area contributed by atoms with Gasteiger partial charge in [-0.2, -0.15) is 0 Å². The molecular formula is C11H11N3O2S. The molecule has 0 N–H and O–H groups in total. The first-order valence-electron chi connectivity index (χ1n) is 5.01. The average molecular weight is 249 g/mol. The summed E-state index contributed by atoms with van der Waals surface area (Å²) in [6, 6.07) is 6.77. The van der Waals surface area contributed by atoms with Crippen molar-refractivity contribution in [3.63, 3.8) is 0 Å². The summed E-state index contributed by atoms with van der Waals surface area (Å²) >= 11 is 1.49. The van der Waals surface area contributed by atoms with Crippen molar-refractivity contribution in [3.8, 4) is 0 Å². The Bertz CT molecular complexity index is 539. The van der Waals surface area contributed by atoms with Crippen LogP contribution in [0.4, 0.5) is 5.69 Å². The van der Waals surface area contributed by atoms with Gasteiger partial charge in [0.05, 0.1) is 4.92 Å². The highest BCUT2D eigenvalue weighted by atomic mass is 32.2. The van der Waals surface area contributed by atoms with Gasteiger partial charge in [-0.05, 0) is 0 Å². The number of nitro benzene ring substituents is 1. The molecule has 2 aromatic rings. The highest BCUT2D eigenvalue weighted by Gasteiger charge is 2.12. The smallest absolute Gasteiger partial charge is 0.273 e. The number of thioether (sulfide) groups is 1. The van der Waals surface area contributed by atoms with E-state index in [1.54, 1.807) is 24.4 Å². The van der Waals surface area contributed by atoms with Gasteiger partial charge in [0, 0.05) is 36.8 Å². The van der Waals surface area contributed by atoms with Gasteiger partial charge in [0.1, 0.15) is 0 Å². The zero-order chi connectivity index (χ0) is 12.3. The van der Waals surface area contributed by atoms with Crippen LogP contribution in [-0.4, -0.2) is 14.5 Å². The Hall–Kier alpha value is -1.82. The first-order valence-corrected chi connectivity index (χ1v) is 5.99.